The summed E-state index contributed by atoms with van der Waals surface area (Å²) in [5.41, 5.74) is 1.71. The van der Waals surface area contributed by atoms with Gasteiger partial charge in [0.2, 0.25) is 0 Å². The van der Waals surface area contributed by atoms with Gasteiger partial charge in [-0.25, -0.2) is 0 Å². The molecule has 0 saturated heterocycles. The van der Waals surface area contributed by atoms with Crippen molar-refractivity contribution < 1.29 is 14.6 Å². The van der Waals surface area contributed by atoms with Gasteiger partial charge in [0.25, 0.3) is 5.91 Å². The van der Waals surface area contributed by atoms with Crippen LogP contribution in [0.15, 0.2) is 54.6 Å². The summed E-state index contributed by atoms with van der Waals surface area (Å²) in [5.74, 6) is 0.465. The van der Waals surface area contributed by atoms with Crippen molar-refractivity contribution in [2.45, 2.75) is 19.4 Å². The predicted molar refractivity (Wildman–Crippen MR) is 85.7 cm³/mol. The summed E-state index contributed by atoms with van der Waals surface area (Å²) in [4.78, 5) is 11.9. The van der Waals surface area contributed by atoms with Crippen LogP contribution in [0.3, 0.4) is 0 Å². The lowest BCUT2D eigenvalue weighted by atomic mass is 10.1. The largest absolute Gasteiger partial charge is 0.494 e. The molecule has 2 aromatic rings. The second-order valence-corrected chi connectivity index (χ2v) is 4.93. The van der Waals surface area contributed by atoms with Gasteiger partial charge >= 0.3 is 0 Å². The minimum atomic E-state index is -1.12. The van der Waals surface area contributed by atoms with E-state index in [9.17, 15) is 9.90 Å². The summed E-state index contributed by atoms with van der Waals surface area (Å²) < 4.78 is 5.38. The van der Waals surface area contributed by atoms with Crippen LogP contribution in [0.1, 0.15) is 24.2 Å². The van der Waals surface area contributed by atoms with E-state index < -0.39 is 6.10 Å². The van der Waals surface area contributed by atoms with Gasteiger partial charge in [-0.15, -0.1) is 0 Å². The molecule has 4 nitrogen and oxygen atoms in total. The molecule has 0 radical (unpaired) electrons. The monoisotopic (exact) mass is 299 g/mol. The molecular formula is C18H21NO3. The molecule has 0 aliphatic heterocycles. The fourth-order valence-electron chi connectivity index (χ4n) is 2.13. The van der Waals surface area contributed by atoms with Gasteiger partial charge in [0.05, 0.1) is 6.61 Å². The van der Waals surface area contributed by atoms with E-state index in [1.165, 1.54) is 0 Å². The van der Waals surface area contributed by atoms with Gasteiger partial charge in [0, 0.05) is 6.54 Å². The summed E-state index contributed by atoms with van der Waals surface area (Å²) in [6, 6.07) is 16.7. The van der Waals surface area contributed by atoms with Gasteiger partial charge in [-0.1, -0.05) is 42.5 Å². The first-order valence-corrected chi connectivity index (χ1v) is 7.43. The Morgan fingerprint density at radius 2 is 1.82 bits per heavy atom. The van der Waals surface area contributed by atoms with Gasteiger partial charge in [0.1, 0.15) is 5.75 Å². The maximum absolute atomic E-state index is 11.9. The first kappa shape index (κ1) is 16.0. The summed E-state index contributed by atoms with van der Waals surface area (Å²) in [6.45, 7) is 3.07. The normalized spacial score (nSPS) is 11.7. The Hall–Kier alpha value is -2.33. The molecule has 1 atom stereocenters. The first-order valence-electron chi connectivity index (χ1n) is 7.43. The molecular weight excluding hydrogens is 278 g/mol. The van der Waals surface area contributed by atoms with Gasteiger partial charge in [-0.05, 0) is 36.6 Å². The summed E-state index contributed by atoms with van der Waals surface area (Å²) in [6.07, 6.45) is -0.416. The number of carbonyl (C=O) groups excluding carboxylic acids is 1. The zero-order chi connectivity index (χ0) is 15.8. The van der Waals surface area contributed by atoms with Crippen LogP contribution >= 0.6 is 0 Å². The highest BCUT2D eigenvalue weighted by atomic mass is 16.5. The number of nitrogens with one attached hydrogen (secondary N) is 1. The Balaban J connectivity index is 1.79. The third kappa shape index (κ3) is 4.60. The Labute approximate surface area is 130 Å². The number of rotatable bonds is 7. The topological polar surface area (TPSA) is 58.6 Å². The highest BCUT2D eigenvalue weighted by Crippen LogP contribution is 2.13. The number of ether oxygens (including phenoxy) is 1. The van der Waals surface area contributed by atoms with Crippen LogP contribution in [0.4, 0.5) is 0 Å². The predicted octanol–water partition coefficient (Wildman–Crippen LogP) is 2.48. The molecule has 22 heavy (non-hydrogen) atoms. The van der Waals surface area contributed by atoms with E-state index in [0.29, 0.717) is 25.1 Å². The molecule has 0 aromatic heterocycles. The molecule has 2 N–H and O–H groups in total. The lowest BCUT2D eigenvalue weighted by Gasteiger charge is -2.11. The van der Waals surface area contributed by atoms with Crippen molar-refractivity contribution in [1.29, 1.82) is 0 Å². The molecule has 1 amide bonds. The van der Waals surface area contributed by atoms with Crippen LogP contribution in [0, 0.1) is 0 Å². The smallest absolute Gasteiger partial charge is 0.253 e. The number of benzene rings is 2. The Morgan fingerprint density at radius 1 is 1.14 bits per heavy atom. The molecule has 4 heteroatoms. The second kappa shape index (κ2) is 8.20. The van der Waals surface area contributed by atoms with E-state index in [1.54, 1.807) is 24.3 Å². The number of carbonyl (C=O) groups is 1. The Morgan fingerprint density at radius 3 is 2.45 bits per heavy atom. The zero-order valence-electron chi connectivity index (χ0n) is 12.7. The van der Waals surface area contributed by atoms with Crippen molar-refractivity contribution >= 4 is 5.91 Å². The molecule has 1 unspecified atom stereocenters. The van der Waals surface area contributed by atoms with Crippen molar-refractivity contribution in [3.05, 3.63) is 65.7 Å². The first-order chi connectivity index (χ1) is 10.7. The molecule has 0 saturated carbocycles. The molecule has 0 bridgehead atoms. The summed E-state index contributed by atoms with van der Waals surface area (Å²) >= 11 is 0. The average Bonchev–Trinajstić information content (AvgIpc) is 2.56. The minimum Gasteiger partial charge on any atom is -0.494 e. The Bertz CT molecular complexity index is 581. The number of aliphatic hydroxyl groups excluding tert-OH is 1. The lowest BCUT2D eigenvalue weighted by molar-refractivity contribution is -0.129. The van der Waals surface area contributed by atoms with Crippen molar-refractivity contribution in [1.82, 2.24) is 5.32 Å². The van der Waals surface area contributed by atoms with Crippen molar-refractivity contribution in [3.63, 3.8) is 0 Å². The Kier molecular flexibility index (Phi) is 5.98. The zero-order valence-corrected chi connectivity index (χ0v) is 12.7. The van der Waals surface area contributed by atoms with Crippen molar-refractivity contribution in [2.75, 3.05) is 13.2 Å². The molecule has 0 spiro atoms. The van der Waals surface area contributed by atoms with E-state index in [2.05, 4.69) is 5.32 Å². The molecule has 116 valence electrons. The number of hydrogen-bond donors (Lipinski definition) is 2. The van der Waals surface area contributed by atoms with E-state index >= 15 is 0 Å². The fourth-order valence-corrected chi connectivity index (χ4v) is 2.13. The maximum atomic E-state index is 11.9. The molecule has 0 heterocycles. The van der Waals surface area contributed by atoms with E-state index in [4.69, 9.17) is 4.74 Å². The average molecular weight is 299 g/mol. The van der Waals surface area contributed by atoms with Gasteiger partial charge in [-0.2, -0.15) is 0 Å². The van der Waals surface area contributed by atoms with Crippen molar-refractivity contribution in [2.24, 2.45) is 0 Å². The van der Waals surface area contributed by atoms with Crippen LogP contribution in [0.2, 0.25) is 0 Å². The van der Waals surface area contributed by atoms with Crippen molar-refractivity contribution in [3.8, 4) is 5.75 Å². The van der Waals surface area contributed by atoms with Gasteiger partial charge < -0.3 is 15.2 Å². The number of amides is 1. The van der Waals surface area contributed by atoms with Crippen LogP contribution in [-0.4, -0.2) is 24.2 Å². The molecule has 2 rings (SSSR count). The second-order valence-electron chi connectivity index (χ2n) is 4.93. The van der Waals surface area contributed by atoms with E-state index in [-0.39, 0.29) is 5.91 Å². The number of aliphatic hydroxyl groups is 1. The quantitative estimate of drug-likeness (QED) is 0.826. The van der Waals surface area contributed by atoms with Crippen LogP contribution in [0.5, 0.6) is 5.75 Å². The third-order valence-electron chi connectivity index (χ3n) is 3.31. The minimum absolute atomic E-state index is 0.378. The van der Waals surface area contributed by atoms with Gasteiger partial charge in [-0.3, -0.25) is 4.79 Å². The van der Waals surface area contributed by atoms with E-state index in [1.807, 2.05) is 37.3 Å². The standard InChI is InChI=1S/C18H21NO3/c1-2-22-16-10-8-14(9-11-16)12-13-19-18(21)17(20)15-6-4-3-5-7-15/h3-11,17,20H,2,12-13H2,1H3,(H,19,21). The van der Waals surface area contributed by atoms with Crippen LogP contribution in [0.25, 0.3) is 0 Å². The summed E-state index contributed by atoms with van der Waals surface area (Å²) in [7, 11) is 0. The number of hydrogen-bond acceptors (Lipinski definition) is 3. The van der Waals surface area contributed by atoms with E-state index in [0.717, 1.165) is 11.3 Å². The SMILES string of the molecule is CCOc1ccc(CCNC(=O)C(O)c2ccccc2)cc1. The third-order valence-corrected chi connectivity index (χ3v) is 3.31. The molecule has 2 aromatic carbocycles. The summed E-state index contributed by atoms with van der Waals surface area (Å²) in [5, 5.41) is 12.7. The molecule has 0 aliphatic rings. The molecule has 0 fully saturated rings. The molecule has 0 aliphatic carbocycles. The van der Waals surface area contributed by atoms with Crippen LogP contribution < -0.4 is 10.1 Å². The lowest BCUT2D eigenvalue weighted by Crippen LogP contribution is -2.30. The highest BCUT2D eigenvalue weighted by Gasteiger charge is 2.15. The van der Waals surface area contributed by atoms with Crippen LogP contribution in [-0.2, 0) is 11.2 Å². The fraction of sp³-hybridized carbons (Fsp3) is 0.278. The maximum Gasteiger partial charge on any atom is 0.253 e. The van der Waals surface area contributed by atoms with Gasteiger partial charge in [0.15, 0.2) is 6.10 Å². The highest BCUT2D eigenvalue weighted by molar-refractivity contribution is 5.81.